The van der Waals surface area contributed by atoms with E-state index in [4.69, 9.17) is 15.3 Å². The van der Waals surface area contributed by atoms with E-state index in [1.165, 1.54) is 6.34 Å². The van der Waals surface area contributed by atoms with Crippen LogP contribution >= 0.6 is 0 Å². The quantitative estimate of drug-likeness (QED) is 0.369. The Labute approximate surface area is 115 Å². The van der Waals surface area contributed by atoms with Crippen molar-refractivity contribution in [3.63, 3.8) is 0 Å². The summed E-state index contributed by atoms with van der Waals surface area (Å²) in [7, 11) is 0. The van der Waals surface area contributed by atoms with Crippen LogP contribution in [-0.4, -0.2) is 65.0 Å². The van der Waals surface area contributed by atoms with Crippen LogP contribution in [0.5, 0.6) is 0 Å². The lowest BCUT2D eigenvalue weighted by Gasteiger charge is -2.26. The van der Waals surface area contributed by atoms with Gasteiger partial charge in [0.15, 0.2) is 5.96 Å². The number of aliphatic hydroxyl groups is 2. The van der Waals surface area contributed by atoms with Crippen LogP contribution in [0.25, 0.3) is 0 Å². The van der Waals surface area contributed by atoms with E-state index in [1.807, 2.05) is 0 Å². The van der Waals surface area contributed by atoms with Crippen molar-refractivity contribution in [1.82, 2.24) is 15.5 Å². The number of hydrogen-bond acceptors (Lipinski definition) is 7. The smallest absolute Gasteiger partial charge is 0.275 e. The van der Waals surface area contributed by atoms with Gasteiger partial charge in [-0.3, -0.25) is 15.5 Å². The number of nitrogens with zero attached hydrogens (tertiary/aromatic N) is 2. The predicted octanol–water partition coefficient (Wildman–Crippen LogP) is -2.09. The normalized spacial score (nSPS) is 31.4. The lowest BCUT2D eigenvalue weighted by Crippen LogP contribution is -2.46. The monoisotopic (exact) mass is 283 g/mol. The average Bonchev–Trinajstić information content (AvgIpc) is 2.80. The van der Waals surface area contributed by atoms with Gasteiger partial charge >= 0.3 is 0 Å². The van der Waals surface area contributed by atoms with Crippen molar-refractivity contribution < 1.29 is 19.7 Å². The van der Waals surface area contributed by atoms with Crippen molar-refractivity contribution >= 4 is 18.2 Å². The van der Waals surface area contributed by atoms with Crippen LogP contribution in [0.1, 0.15) is 6.42 Å². The van der Waals surface area contributed by atoms with E-state index >= 15 is 0 Å². The maximum Gasteiger partial charge on any atom is 0.275 e. The number of aliphatic hydroxyl groups excluding tert-OH is 2. The molecule has 5 N–H and O–H groups in total. The third-order valence-electron chi connectivity index (χ3n) is 3.05. The molecule has 2 heterocycles. The number of aliphatic imine (C=N–C) groups is 1. The number of carbonyl (C=O) groups is 1. The SMILES string of the molecule is C=C1N=CN([C@H]2C[C@@H](O)[C@@H](CO)O2)CNC(=N)NC1=O. The highest BCUT2D eigenvalue weighted by atomic mass is 16.5. The summed E-state index contributed by atoms with van der Waals surface area (Å²) >= 11 is 0. The minimum Gasteiger partial charge on any atom is -0.394 e. The van der Waals surface area contributed by atoms with E-state index in [9.17, 15) is 9.90 Å². The number of nitrogens with one attached hydrogen (secondary N) is 3. The highest BCUT2D eigenvalue weighted by molar-refractivity contribution is 6.04. The first kappa shape index (κ1) is 14.4. The molecule has 20 heavy (non-hydrogen) atoms. The molecule has 0 aromatic rings. The Morgan fingerprint density at radius 2 is 2.40 bits per heavy atom. The maximum absolute atomic E-state index is 11.5. The predicted molar refractivity (Wildman–Crippen MR) is 69.7 cm³/mol. The van der Waals surface area contributed by atoms with Crippen LogP contribution in [-0.2, 0) is 9.53 Å². The van der Waals surface area contributed by atoms with E-state index in [0.717, 1.165) is 0 Å². The molecule has 9 heteroatoms. The Morgan fingerprint density at radius 3 is 3.05 bits per heavy atom. The van der Waals surface area contributed by atoms with E-state index < -0.39 is 24.3 Å². The van der Waals surface area contributed by atoms with Crippen LogP contribution < -0.4 is 10.6 Å². The highest BCUT2D eigenvalue weighted by Crippen LogP contribution is 2.22. The van der Waals surface area contributed by atoms with Gasteiger partial charge in [-0.1, -0.05) is 6.58 Å². The lowest BCUT2D eigenvalue weighted by atomic mass is 10.2. The fourth-order valence-electron chi connectivity index (χ4n) is 1.90. The van der Waals surface area contributed by atoms with Gasteiger partial charge in [0.05, 0.1) is 25.7 Å². The number of amides is 1. The number of ether oxygens (including phenoxy) is 1. The minimum absolute atomic E-state index is 0.0410. The second-order valence-electron chi connectivity index (χ2n) is 4.48. The van der Waals surface area contributed by atoms with Gasteiger partial charge in [0.2, 0.25) is 0 Å². The van der Waals surface area contributed by atoms with Gasteiger partial charge in [-0.05, 0) is 0 Å². The van der Waals surface area contributed by atoms with Crippen molar-refractivity contribution in [2.75, 3.05) is 13.3 Å². The molecule has 0 aliphatic carbocycles. The summed E-state index contributed by atoms with van der Waals surface area (Å²) in [6, 6.07) is 0. The Morgan fingerprint density at radius 1 is 1.65 bits per heavy atom. The summed E-state index contributed by atoms with van der Waals surface area (Å²) in [6.45, 7) is 3.37. The molecule has 2 aliphatic rings. The Hall–Kier alpha value is -1.97. The molecule has 2 rings (SSSR count). The fraction of sp³-hybridized carbons (Fsp3) is 0.545. The molecule has 0 aromatic heterocycles. The zero-order chi connectivity index (χ0) is 14.7. The summed E-state index contributed by atoms with van der Waals surface area (Å²) in [6.07, 6.45) is -0.269. The zero-order valence-electron chi connectivity index (χ0n) is 10.7. The zero-order valence-corrected chi connectivity index (χ0v) is 10.7. The Bertz CT molecular complexity index is 452. The van der Waals surface area contributed by atoms with Crippen LogP contribution in [0.15, 0.2) is 17.3 Å². The second kappa shape index (κ2) is 5.99. The molecule has 0 radical (unpaired) electrons. The standard InChI is InChI=1S/C11H17N5O4/c1-6-10(19)15-11(12)14-5-16(4-13-6)9-2-7(18)8(3-17)20-9/h4,7-9,17-18H,1-3,5H2,(H3,12,14,15,19)/t7-,8-,9-/m1/s1. The first-order valence-electron chi connectivity index (χ1n) is 6.08. The summed E-state index contributed by atoms with van der Waals surface area (Å²) in [5, 5.41) is 31.2. The van der Waals surface area contributed by atoms with Crippen molar-refractivity contribution in [1.29, 1.82) is 5.41 Å². The number of hydrogen-bond donors (Lipinski definition) is 5. The van der Waals surface area contributed by atoms with Gasteiger partial charge in [-0.2, -0.15) is 0 Å². The van der Waals surface area contributed by atoms with Crippen molar-refractivity contribution in [3.8, 4) is 0 Å². The van der Waals surface area contributed by atoms with Crippen LogP contribution in [0.4, 0.5) is 0 Å². The third kappa shape index (κ3) is 3.13. The minimum atomic E-state index is -0.770. The van der Waals surface area contributed by atoms with Crippen LogP contribution in [0.3, 0.4) is 0 Å². The molecule has 110 valence electrons. The first-order valence-corrected chi connectivity index (χ1v) is 6.08. The topological polar surface area (TPSA) is 130 Å². The fourth-order valence-corrected chi connectivity index (χ4v) is 1.90. The third-order valence-corrected chi connectivity index (χ3v) is 3.05. The molecule has 1 fully saturated rings. The average molecular weight is 283 g/mol. The Kier molecular flexibility index (Phi) is 4.32. The number of guanidine groups is 1. The molecule has 0 bridgehead atoms. The molecule has 0 saturated carbocycles. The lowest BCUT2D eigenvalue weighted by molar-refractivity contribution is -0.116. The summed E-state index contributed by atoms with van der Waals surface area (Å²) in [5.74, 6) is -0.745. The Balaban J connectivity index is 2.10. The van der Waals surface area contributed by atoms with Gasteiger partial charge in [-0.15, -0.1) is 0 Å². The molecule has 0 spiro atoms. The van der Waals surface area contributed by atoms with E-state index in [1.54, 1.807) is 4.90 Å². The number of carbonyl (C=O) groups excluding carboxylic acids is 1. The van der Waals surface area contributed by atoms with Gasteiger partial charge in [0.25, 0.3) is 5.91 Å². The van der Waals surface area contributed by atoms with Gasteiger partial charge < -0.3 is 25.2 Å². The molecule has 1 amide bonds. The van der Waals surface area contributed by atoms with E-state index in [0.29, 0.717) is 6.42 Å². The van der Waals surface area contributed by atoms with Gasteiger partial charge in [0, 0.05) is 6.42 Å². The molecule has 1 saturated heterocycles. The molecule has 0 aromatic carbocycles. The molecular weight excluding hydrogens is 266 g/mol. The van der Waals surface area contributed by atoms with E-state index in [-0.39, 0.29) is 24.9 Å². The first-order chi connectivity index (χ1) is 9.51. The molecular formula is C11H17N5O4. The van der Waals surface area contributed by atoms with Crippen LogP contribution in [0.2, 0.25) is 0 Å². The summed E-state index contributed by atoms with van der Waals surface area (Å²) < 4.78 is 5.49. The van der Waals surface area contributed by atoms with Gasteiger partial charge in [-0.25, -0.2) is 4.99 Å². The molecule has 3 atom stereocenters. The van der Waals surface area contributed by atoms with Crippen molar-refractivity contribution in [3.05, 3.63) is 12.3 Å². The van der Waals surface area contributed by atoms with Gasteiger partial charge in [0.1, 0.15) is 18.0 Å². The summed E-state index contributed by atoms with van der Waals surface area (Å²) in [5.41, 5.74) is -0.0410. The largest absolute Gasteiger partial charge is 0.394 e. The maximum atomic E-state index is 11.5. The van der Waals surface area contributed by atoms with Crippen LogP contribution in [0, 0.1) is 5.41 Å². The highest BCUT2D eigenvalue weighted by Gasteiger charge is 2.36. The number of rotatable bonds is 2. The van der Waals surface area contributed by atoms with Crippen molar-refractivity contribution in [2.24, 2.45) is 4.99 Å². The van der Waals surface area contributed by atoms with E-state index in [2.05, 4.69) is 22.2 Å². The molecule has 9 nitrogen and oxygen atoms in total. The van der Waals surface area contributed by atoms with Crippen molar-refractivity contribution in [2.45, 2.75) is 24.9 Å². The molecule has 0 unspecified atom stereocenters. The summed E-state index contributed by atoms with van der Waals surface area (Å²) in [4.78, 5) is 17.0. The molecule has 2 aliphatic heterocycles. The second-order valence-corrected chi connectivity index (χ2v) is 4.48.